The Morgan fingerprint density at radius 3 is 2.14 bits per heavy atom. The van der Waals surface area contributed by atoms with Gasteiger partial charge in [-0.2, -0.15) is 0 Å². The molecule has 0 saturated heterocycles. The zero-order valence-corrected chi connectivity index (χ0v) is 19.5. The maximum Gasteiger partial charge on any atom is 0.0541 e. The van der Waals surface area contributed by atoms with Gasteiger partial charge in [-0.25, -0.2) is 0 Å². The van der Waals surface area contributed by atoms with Crippen molar-refractivity contribution in [2.24, 2.45) is 5.73 Å². The number of hydrogen-bond acceptors (Lipinski definition) is 1. The first kappa shape index (κ1) is 19.9. The van der Waals surface area contributed by atoms with Crippen LogP contribution in [0, 0.1) is 0 Å². The highest BCUT2D eigenvalue weighted by atomic mass is 15.0. The monoisotopic (exact) mass is 448 g/mol. The Bertz CT molecular complexity index is 1910. The molecule has 1 aliphatic carbocycles. The van der Waals surface area contributed by atoms with Crippen LogP contribution in [0.4, 0.5) is 0 Å². The first-order chi connectivity index (χ1) is 17.2. The molecule has 7 rings (SSSR count). The summed E-state index contributed by atoms with van der Waals surface area (Å²) in [6.45, 7) is 2.20. The molecule has 0 spiro atoms. The molecule has 0 aliphatic heterocycles. The van der Waals surface area contributed by atoms with Gasteiger partial charge in [0, 0.05) is 27.9 Å². The lowest BCUT2D eigenvalue weighted by molar-refractivity contribution is 1.17. The topological polar surface area (TPSA) is 30.9 Å². The van der Waals surface area contributed by atoms with Gasteiger partial charge < -0.3 is 10.3 Å². The first-order valence-electron chi connectivity index (χ1n) is 12.0. The average Bonchev–Trinajstić information content (AvgIpc) is 3.41. The third-order valence-electron chi connectivity index (χ3n) is 7.37. The van der Waals surface area contributed by atoms with Crippen LogP contribution < -0.4 is 16.2 Å². The zero-order chi connectivity index (χ0) is 23.5. The molecule has 6 aromatic rings. The molecule has 0 fully saturated rings. The lowest BCUT2D eigenvalue weighted by Gasteiger charge is -2.11. The van der Waals surface area contributed by atoms with Gasteiger partial charge >= 0.3 is 0 Å². The van der Waals surface area contributed by atoms with Crippen molar-refractivity contribution in [3.63, 3.8) is 0 Å². The van der Waals surface area contributed by atoms with Crippen molar-refractivity contribution in [3.05, 3.63) is 125 Å². The summed E-state index contributed by atoms with van der Waals surface area (Å²) in [5, 5.41) is 4.81. The number of para-hydroxylation sites is 1. The first-order valence-corrected chi connectivity index (χ1v) is 12.0. The smallest absolute Gasteiger partial charge is 0.0541 e. The Kier molecular flexibility index (Phi) is 4.24. The van der Waals surface area contributed by atoms with Gasteiger partial charge in [-0.15, -0.1) is 0 Å². The van der Waals surface area contributed by atoms with Crippen LogP contribution >= 0.6 is 0 Å². The van der Waals surface area contributed by atoms with Crippen molar-refractivity contribution >= 4 is 33.6 Å². The van der Waals surface area contributed by atoms with Crippen LogP contribution in [0.3, 0.4) is 0 Å². The van der Waals surface area contributed by atoms with Gasteiger partial charge in [0.2, 0.25) is 0 Å². The number of fused-ring (bicyclic) bond motifs is 6. The molecular formula is C33H24N2. The lowest BCUT2D eigenvalue weighted by Crippen LogP contribution is -2.28. The van der Waals surface area contributed by atoms with E-state index in [0.717, 1.165) is 10.9 Å². The summed E-state index contributed by atoms with van der Waals surface area (Å²) in [7, 11) is 0. The van der Waals surface area contributed by atoms with Crippen molar-refractivity contribution in [1.82, 2.24) is 4.57 Å². The summed E-state index contributed by atoms with van der Waals surface area (Å²) in [5.41, 5.74) is 17.3. The SMILES string of the molecule is CC1=c2c(cc(-n3c4ccccc4c4cc(-c5ccccc5)ccc43)c/c2=C/N)-c2ccccc21. The van der Waals surface area contributed by atoms with E-state index in [1.54, 1.807) is 6.20 Å². The molecule has 1 aromatic heterocycles. The lowest BCUT2D eigenvalue weighted by atomic mass is 10.0. The minimum atomic E-state index is 1.07. The second-order valence-corrected chi connectivity index (χ2v) is 9.25. The zero-order valence-electron chi connectivity index (χ0n) is 19.5. The molecule has 0 atom stereocenters. The molecule has 2 heteroatoms. The van der Waals surface area contributed by atoms with E-state index in [0.29, 0.717) is 0 Å². The van der Waals surface area contributed by atoms with Crippen molar-refractivity contribution in [3.8, 4) is 27.9 Å². The minimum Gasteiger partial charge on any atom is -0.404 e. The van der Waals surface area contributed by atoms with Gasteiger partial charge in [0.15, 0.2) is 0 Å². The summed E-state index contributed by atoms with van der Waals surface area (Å²) in [4.78, 5) is 0. The molecule has 2 nitrogen and oxygen atoms in total. The molecule has 2 N–H and O–H groups in total. The third kappa shape index (κ3) is 2.83. The quantitative estimate of drug-likeness (QED) is 0.329. The number of rotatable bonds is 2. The predicted molar refractivity (Wildman–Crippen MR) is 148 cm³/mol. The fourth-order valence-corrected chi connectivity index (χ4v) is 5.78. The molecule has 166 valence electrons. The van der Waals surface area contributed by atoms with Crippen LogP contribution in [0.2, 0.25) is 0 Å². The van der Waals surface area contributed by atoms with E-state index in [9.17, 15) is 0 Å². The average molecular weight is 449 g/mol. The number of nitrogens with zero attached hydrogens (tertiary/aromatic N) is 1. The summed E-state index contributed by atoms with van der Waals surface area (Å²) in [5.74, 6) is 0. The maximum atomic E-state index is 6.20. The molecule has 1 heterocycles. The van der Waals surface area contributed by atoms with E-state index in [2.05, 4.69) is 121 Å². The largest absolute Gasteiger partial charge is 0.404 e. The molecule has 1 aliphatic rings. The highest BCUT2D eigenvalue weighted by Gasteiger charge is 2.20. The van der Waals surface area contributed by atoms with E-state index < -0.39 is 0 Å². The van der Waals surface area contributed by atoms with Crippen LogP contribution in [0.25, 0.3) is 61.5 Å². The van der Waals surface area contributed by atoms with E-state index in [1.165, 1.54) is 60.4 Å². The van der Waals surface area contributed by atoms with E-state index in [-0.39, 0.29) is 0 Å². The number of benzene rings is 5. The van der Waals surface area contributed by atoms with Gasteiger partial charge in [-0.1, -0.05) is 78.9 Å². The molecule has 0 bridgehead atoms. The standard InChI is InChI=1S/C33H24N2/c1-21-26-11-5-6-12-27(26)30-19-25(17-24(20-34)33(21)30)35-31-14-8-7-13-28(31)29-18-23(15-16-32(29)35)22-9-3-2-4-10-22/h2-20H,34H2,1H3/b24-20-. The number of aromatic nitrogens is 1. The maximum absolute atomic E-state index is 6.20. The fourth-order valence-electron chi connectivity index (χ4n) is 5.78. The summed E-state index contributed by atoms with van der Waals surface area (Å²) in [6.07, 6.45) is 1.75. The van der Waals surface area contributed by atoms with Crippen LogP contribution in [-0.4, -0.2) is 4.57 Å². The van der Waals surface area contributed by atoms with Crippen molar-refractivity contribution in [1.29, 1.82) is 0 Å². The third-order valence-corrected chi connectivity index (χ3v) is 7.37. The van der Waals surface area contributed by atoms with Crippen LogP contribution in [0.5, 0.6) is 0 Å². The molecule has 35 heavy (non-hydrogen) atoms. The van der Waals surface area contributed by atoms with Gasteiger partial charge in [-0.05, 0) is 75.9 Å². The minimum absolute atomic E-state index is 1.07. The summed E-state index contributed by atoms with van der Waals surface area (Å²) < 4.78 is 2.38. The Morgan fingerprint density at radius 2 is 1.31 bits per heavy atom. The molecule has 0 saturated carbocycles. The molecule has 0 unspecified atom stereocenters. The number of nitrogens with two attached hydrogens (primary N) is 1. The van der Waals surface area contributed by atoms with Crippen molar-refractivity contribution in [2.45, 2.75) is 6.92 Å². The second-order valence-electron chi connectivity index (χ2n) is 9.25. The molecule has 5 aromatic carbocycles. The predicted octanol–water partition coefficient (Wildman–Crippen LogP) is 6.35. The second kappa shape index (κ2) is 7.48. The fraction of sp³-hybridized carbons (Fsp3) is 0.0303. The van der Waals surface area contributed by atoms with Gasteiger partial charge in [0.25, 0.3) is 0 Å². The van der Waals surface area contributed by atoms with Gasteiger partial charge in [0.05, 0.1) is 11.0 Å². The summed E-state index contributed by atoms with van der Waals surface area (Å²) in [6, 6.07) is 39.2. The van der Waals surface area contributed by atoms with Gasteiger partial charge in [0.1, 0.15) is 0 Å². The molecular weight excluding hydrogens is 424 g/mol. The van der Waals surface area contributed by atoms with Crippen LogP contribution in [-0.2, 0) is 0 Å². The molecule has 0 amide bonds. The van der Waals surface area contributed by atoms with Gasteiger partial charge in [-0.3, -0.25) is 0 Å². The van der Waals surface area contributed by atoms with E-state index in [1.807, 2.05) is 0 Å². The Hall–Kier alpha value is -4.56. The number of hydrogen-bond donors (Lipinski definition) is 1. The van der Waals surface area contributed by atoms with Crippen LogP contribution in [0.15, 0.2) is 109 Å². The highest BCUT2D eigenvalue weighted by molar-refractivity contribution is 6.10. The van der Waals surface area contributed by atoms with Crippen molar-refractivity contribution < 1.29 is 0 Å². The normalized spacial score (nSPS) is 12.9. The van der Waals surface area contributed by atoms with Crippen molar-refractivity contribution in [2.75, 3.05) is 0 Å². The van der Waals surface area contributed by atoms with E-state index >= 15 is 0 Å². The Morgan fingerprint density at radius 1 is 0.600 bits per heavy atom. The Balaban J connectivity index is 1.56. The van der Waals surface area contributed by atoms with Crippen LogP contribution in [0.1, 0.15) is 12.5 Å². The Labute approximate surface area is 203 Å². The van der Waals surface area contributed by atoms with E-state index in [4.69, 9.17) is 5.73 Å². The highest BCUT2D eigenvalue weighted by Crippen LogP contribution is 2.36. The summed E-state index contributed by atoms with van der Waals surface area (Å²) >= 11 is 0. The molecule has 0 radical (unpaired) electrons.